The summed E-state index contributed by atoms with van der Waals surface area (Å²) in [6, 6.07) is 11.2. The van der Waals surface area contributed by atoms with Crippen LogP contribution in [0.2, 0.25) is 0 Å². The second-order valence-corrected chi connectivity index (χ2v) is 6.64. The third kappa shape index (κ3) is 5.63. The Morgan fingerprint density at radius 3 is 2.73 bits per heavy atom. The lowest BCUT2D eigenvalue weighted by Gasteiger charge is -2.22. The van der Waals surface area contributed by atoms with Crippen molar-refractivity contribution in [3.63, 3.8) is 0 Å². The molecule has 1 aromatic carbocycles. The molecule has 0 aliphatic carbocycles. The van der Waals surface area contributed by atoms with Crippen LogP contribution in [0.25, 0.3) is 0 Å². The van der Waals surface area contributed by atoms with E-state index < -0.39 is 0 Å². The number of ether oxygens (including phenoxy) is 3. The third-order valence-corrected chi connectivity index (χ3v) is 4.38. The number of aryl methyl sites for hydroxylation is 1. The highest BCUT2D eigenvalue weighted by Crippen LogP contribution is 2.21. The van der Waals surface area contributed by atoms with Crippen molar-refractivity contribution in [1.82, 2.24) is 4.98 Å². The van der Waals surface area contributed by atoms with Gasteiger partial charge in [0.1, 0.15) is 24.7 Å². The highest BCUT2D eigenvalue weighted by atomic mass is 16.5. The molecule has 1 saturated heterocycles. The maximum Gasteiger partial charge on any atom is 0.217 e. The molecule has 140 valence electrons. The number of pyridine rings is 1. The van der Waals surface area contributed by atoms with Crippen LogP contribution in [0.15, 0.2) is 36.4 Å². The quantitative estimate of drug-likeness (QED) is 0.765. The van der Waals surface area contributed by atoms with Gasteiger partial charge in [-0.1, -0.05) is 25.5 Å². The molecular weight excluding hydrogens is 330 g/mol. The maximum absolute atomic E-state index is 9.92. The predicted molar refractivity (Wildman–Crippen MR) is 99.8 cm³/mol. The standard InChI is InChI=1S/C21H27NO4/c1-2-5-16-7-9-19(10-8-16)25-14-17-12-18(23)13-21(22-17)26-15-20-6-3-4-11-24-20/h7-10,12-13,20H,2-6,11,14-15H2,1H3,(H,22,23). The Kier molecular flexibility index (Phi) is 6.72. The molecule has 0 spiro atoms. The average molecular weight is 357 g/mol. The van der Waals surface area contributed by atoms with Crippen molar-refractivity contribution in [2.45, 2.75) is 51.7 Å². The molecule has 0 bridgehead atoms. The Labute approximate surface area is 154 Å². The molecule has 0 amide bonds. The molecule has 1 atom stereocenters. The van der Waals surface area contributed by atoms with Crippen LogP contribution in [0.3, 0.4) is 0 Å². The van der Waals surface area contributed by atoms with E-state index in [2.05, 4.69) is 24.0 Å². The number of aromatic nitrogens is 1. The second-order valence-electron chi connectivity index (χ2n) is 6.64. The number of benzene rings is 1. The molecule has 1 fully saturated rings. The highest BCUT2D eigenvalue weighted by Gasteiger charge is 2.15. The summed E-state index contributed by atoms with van der Waals surface area (Å²) in [7, 11) is 0. The topological polar surface area (TPSA) is 60.8 Å². The molecule has 0 saturated carbocycles. The van der Waals surface area contributed by atoms with E-state index in [0.717, 1.165) is 44.5 Å². The fourth-order valence-corrected chi connectivity index (χ4v) is 3.01. The molecule has 1 N–H and O–H groups in total. The van der Waals surface area contributed by atoms with E-state index in [1.807, 2.05) is 12.1 Å². The first-order chi connectivity index (χ1) is 12.7. The SMILES string of the molecule is CCCc1ccc(OCc2cc(O)cc(OCC3CCCCO3)n2)cc1. The van der Waals surface area contributed by atoms with Gasteiger partial charge in [-0.3, -0.25) is 0 Å². The number of rotatable bonds is 8. The Morgan fingerprint density at radius 1 is 1.15 bits per heavy atom. The lowest BCUT2D eigenvalue weighted by atomic mass is 10.1. The predicted octanol–water partition coefficient (Wildman–Crippen LogP) is 4.27. The zero-order valence-corrected chi connectivity index (χ0v) is 15.3. The van der Waals surface area contributed by atoms with Crippen LogP contribution in [-0.4, -0.2) is 29.4 Å². The first-order valence-corrected chi connectivity index (χ1v) is 9.39. The molecule has 0 radical (unpaired) electrons. The lowest BCUT2D eigenvalue weighted by Crippen LogP contribution is -2.26. The van der Waals surface area contributed by atoms with Crippen molar-refractivity contribution in [1.29, 1.82) is 0 Å². The summed E-state index contributed by atoms with van der Waals surface area (Å²) in [5, 5.41) is 9.92. The molecule has 5 heteroatoms. The van der Waals surface area contributed by atoms with Crippen molar-refractivity contribution >= 4 is 0 Å². The maximum atomic E-state index is 9.92. The Hall–Kier alpha value is -2.27. The monoisotopic (exact) mass is 357 g/mol. The smallest absolute Gasteiger partial charge is 0.217 e. The summed E-state index contributed by atoms with van der Waals surface area (Å²) >= 11 is 0. The summed E-state index contributed by atoms with van der Waals surface area (Å²) in [6.45, 7) is 3.68. The van der Waals surface area contributed by atoms with Gasteiger partial charge in [0.05, 0.1) is 11.8 Å². The van der Waals surface area contributed by atoms with Crippen LogP contribution >= 0.6 is 0 Å². The van der Waals surface area contributed by atoms with Gasteiger partial charge in [0.2, 0.25) is 5.88 Å². The van der Waals surface area contributed by atoms with Crippen LogP contribution in [0, 0.1) is 0 Å². The van der Waals surface area contributed by atoms with Crippen molar-refractivity contribution in [2.24, 2.45) is 0 Å². The van der Waals surface area contributed by atoms with Gasteiger partial charge in [0.25, 0.3) is 0 Å². The van der Waals surface area contributed by atoms with E-state index in [1.54, 1.807) is 6.07 Å². The minimum atomic E-state index is 0.106. The van der Waals surface area contributed by atoms with Gasteiger partial charge < -0.3 is 19.3 Å². The fourth-order valence-electron chi connectivity index (χ4n) is 3.01. The molecule has 5 nitrogen and oxygen atoms in total. The number of nitrogens with zero attached hydrogens (tertiary/aromatic N) is 1. The largest absolute Gasteiger partial charge is 0.508 e. The number of aromatic hydroxyl groups is 1. The van der Waals surface area contributed by atoms with Gasteiger partial charge in [-0.25, -0.2) is 4.98 Å². The molecule has 1 aliphatic rings. The minimum Gasteiger partial charge on any atom is -0.508 e. The molecule has 1 unspecified atom stereocenters. The zero-order valence-electron chi connectivity index (χ0n) is 15.3. The van der Waals surface area contributed by atoms with Crippen LogP contribution in [0.4, 0.5) is 0 Å². The molecule has 1 aromatic heterocycles. The highest BCUT2D eigenvalue weighted by molar-refractivity contribution is 5.30. The number of hydrogen-bond donors (Lipinski definition) is 1. The van der Waals surface area contributed by atoms with Crippen LogP contribution < -0.4 is 9.47 Å². The lowest BCUT2D eigenvalue weighted by molar-refractivity contribution is -0.0120. The van der Waals surface area contributed by atoms with Gasteiger partial charge in [0, 0.05) is 18.7 Å². The Morgan fingerprint density at radius 2 is 2.00 bits per heavy atom. The summed E-state index contributed by atoms with van der Waals surface area (Å²) in [4.78, 5) is 4.42. The van der Waals surface area contributed by atoms with Gasteiger partial charge in [-0.2, -0.15) is 0 Å². The van der Waals surface area contributed by atoms with Crippen molar-refractivity contribution < 1.29 is 19.3 Å². The van der Waals surface area contributed by atoms with Crippen molar-refractivity contribution in [3.8, 4) is 17.4 Å². The van der Waals surface area contributed by atoms with E-state index in [9.17, 15) is 5.11 Å². The molecule has 2 aromatic rings. The molecule has 3 rings (SSSR count). The van der Waals surface area contributed by atoms with E-state index in [0.29, 0.717) is 18.2 Å². The van der Waals surface area contributed by atoms with Crippen LogP contribution in [0.1, 0.15) is 43.9 Å². The van der Waals surface area contributed by atoms with E-state index in [-0.39, 0.29) is 18.5 Å². The summed E-state index contributed by atoms with van der Waals surface area (Å²) in [6.07, 6.45) is 5.58. The van der Waals surface area contributed by atoms with Gasteiger partial charge in [-0.05, 0) is 43.4 Å². The molecule has 26 heavy (non-hydrogen) atoms. The first kappa shape index (κ1) is 18.5. The second kappa shape index (κ2) is 9.43. The van der Waals surface area contributed by atoms with E-state index in [4.69, 9.17) is 14.2 Å². The van der Waals surface area contributed by atoms with E-state index in [1.165, 1.54) is 11.6 Å². The van der Waals surface area contributed by atoms with Gasteiger partial charge >= 0.3 is 0 Å². The molecule has 1 aliphatic heterocycles. The summed E-state index contributed by atoms with van der Waals surface area (Å²) in [5.41, 5.74) is 1.93. The first-order valence-electron chi connectivity index (χ1n) is 9.39. The summed E-state index contributed by atoms with van der Waals surface area (Å²) in [5.74, 6) is 1.31. The minimum absolute atomic E-state index is 0.106. The third-order valence-electron chi connectivity index (χ3n) is 4.38. The normalized spacial score (nSPS) is 17.0. The Balaban J connectivity index is 1.54. The van der Waals surface area contributed by atoms with Crippen LogP contribution in [0.5, 0.6) is 17.4 Å². The zero-order chi connectivity index (χ0) is 18.2. The Bertz CT molecular complexity index is 681. The molecule has 2 heterocycles. The van der Waals surface area contributed by atoms with Gasteiger partial charge in [0.15, 0.2) is 0 Å². The van der Waals surface area contributed by atoms with Crippen molar-refractivity contribution in [2.75, 3.05) is 13.2 Å². The van der Waals surface area contributed by atoms with Gasteiger partial charge in [-0.15, -0.1) is 0 Å². The number of hydrogen-bond acceptors (Lipinski definition) is 5. The van der Waals surface area contributed by atoms with Crippen LogP contribution in [-0.2, 0) is 17.8 Å². The van der Waals surface area contributed by atoms with Crippen molar-refractivity contribution in [3.05, 3.63) is 47.7 Å². The fraction of sp³-hybridized carbons (Fsp3) is 0.476. The van der Waals surface area contributed by atoms with E-state index >= 15 is 0 Å². The molecular formula is C21H27NO4. The summed E-state index contributed by atoms with van der Waals surface area (Å²) < 4.78 is 17.1. The average Bonchev–Trinajstić information content (AvgIpc) is 2.67.